The lowest BCUT2D eigenvalue weighted by Gasteiger charge is -2.34. The van der Waals surface area contributed by atoms with E-state index in [1.165, 1.54) is 6.92 Å². The summed E-state index contributed by atoms with van der Waals surface area (Å²) in [5, 5.41) is 9.76. The maximum Gasteiger partial charge on any atom is 0.249 e. The first-order valence-electron chi connectivity index (χ1n) is 7.06. The number of aliphatic hydroxyl groups is 1. The topological polar surface area (TPSA) is 46.5 Å². The first-order valence-corrected chi connectivity index (χ1v) is 9.97. The van der Waals surface area contributed by atoms with Gasteiger partial charge in [0.1, 0.15) is 5.78 Å². The first-order chi connectivity index (χ1) is 8.56. The van der Waals surface area contributed by atoms with Gasteiger partial charge in [0.2, 0.25) is 8.32 Å². The molecule has 0 fully saturated rings. The highest BCUT2D eigenvalue weighted by molar-refractivity contribution is 6.74. The summed E-state index contributed by atoms with van der Waals surface area (Å²) in [5.74, 6) is 0.0457. The van der Waals surface area contributed by atoms with Gasteiger partial charge in [0.15, 0.2) is 0 Å². The quantitative estimate of drug-likeness (QED) is 0.416. The number of unbranched alkanes of at least 4 members (excludes halogenated alkanes) is 1. The number of allylic oxidation sites excluding steroid dienone is 1. The van der Waals surface area contributed by atoms with Gasteiger partial charge < -0.3 is 9.53 Å². The fraction of sp³-hybridized carbons (Fsp3) is 0.800. The van der Waals surface area contributed by atoms with Crippen LogP contribution in [0.4, 0.5) is 0 Å². The molecule has 1 unspecified atom stereocenters. The fourth-order valence-electron chi connectivity index (χ4n) is 1.37. The van der Waals surface area contributed by atoms with E-state index in [4.69, 9.17) is 4.43 Å². The molecule has 0 aromatic carbocycles. The van der Waals surface area contributed by atoms with Crippen LogP contribution in [0, 0.1) is 0 Å². The van der Waals surface area contributed by atoms with E-state index in [0.717, 1.165) is 12.8 Å². The van der Waals surface area contributed by atoms with E-state index < -0.39 is 14.4 Å². The summed E-state index contributed by atoms with van der Waals surface area (Å²) in [6.45, 7) is 12.6. The van der Waals surface area contributed by atoms with E-state index in [-0.39, 0.29) is 17.2 Å². The van der Waals surface area contributed by atoms with E-state index in [9.17, 15) is 9.90 Å². The lowest BCUT2D eigenvalue weighted by atomic mass is 10.1. The Kier molecular flexibility index (Phi) is 7.60. The predicted molar refractivity (Wildman–Crippen MR) is 82.6 cm³/mol. The Labute approximate surface area is 119 Å². The molecular formula is C15H30O3Si. The molecular weight excluding hydrogens is 256 g/mol. The molecule has 0 aromatic rings. The highest BCUT2D eigenvalue weighted by Gasteiger charge is 2.37. The standard InChI is InChI=1S/C15H30O3Si/c1-13(16)12-14(17)10-8-7-9-11-18-19(5,6)15(2,3)4/h9,11,14,17H,7-8,10,12H2,1-6H3/b11-9+. The van der Waals surface area contributed by atoms with Gasteiger partial charge in [-0.2, -0.15) is 0 Å². The monoisotopic (exact) mass is 286 g/mol. The molecule has 0 rings (SSSR count). The molecule has 1 atom stereocenters. The molecule has 0 aliphatic rings. The number of carbonyl (C=O) groups is 1. The van der Waals surface area contributed by atoms with Crippen LogP contribution in [0.2, 0.25) is 18.1 Å². The zero-order chi connectivity index (χ0) is 15.1. The van der Waals surface area contributed by atoms with Gasteiger partial charge in [-0.25, -0.2) is 0 Å². The fourth-order valence-corrected chi connectivity index (χ4v) is 2.16. The van der Waals surface area contributed by atoms with Crippen molar-refractivity contribution in [1.29, 1.82) is 0 Å². The number of rotatable bonds is 8. The zero-order valence-electron chi connectivity index (χ0n) is 13.3. The van der Waals surface area contributed by atoms with Gasteiger partial charge in [0.25, 0.3) is 0 Å². The van der Waals surface area contributed by atoms with E-state index in [1.807, 2.05) is 12.3 Å². The van der Waals surface area contributed by atoms with Gasteiger partial charge >= 0.3 is 0 Å². The normalized spacial score (nSPS) is 14.7. The SMILES string of the molecule is CC(=O)CC(O)CCC/C=C/O[Si](C)(C)C(C)(C)C. The molecule has 0 heterocycles. The molecule has 4 heteroatoms. The van der Waals surface area contributed by atoms with Crippen molar-refractivity contribution >= 4 is 14.1 Å². The van der Waals surface area contributed by atoms with Crippen molar-refractivity contribution in [3.63, 3.8) is 0 Å². The molecule has 1 N–H and O–H groups in total. The third-order valence-corrected chi connectivity index (χ3v) is 8.03. The van der Waals surface area contributed by atoms with Crippen LogP contribution in [0.25, 0.3) is 0 Å². The number of carbonyl (C=O) groups excluding carboxylic acids is 1. The van der Waals surface area contributed by atoms with E-state index in [1.54, 1.807) is 0 Å². The first kappa shape index (κ1) is 18.4. The van der Waals surface area contributed by atoms with E-state index in [2.05, 4.69) is 33.9 Å². The lowest BCUT2D eigenvalue weighted by molar-refractivity contribution is -0.118. The van der Waals surface area contributed by atoms with Gasteiger partial charge in [-0.15, -0.1) is 0 Å². The van der Waals surface area contributed by atoms with Crippen molar-refractivity contribution in [1.82, 2.24) is 0 Å². The second-order valence-corrected chi connectivity index (χ2v) is 11.5. The molecule has 0 aromatic heterocycles. The minimum Gasteiger partial charge on any atom is -0.549 e. The molecule has 0 amide bonds. The summed E-state index contributed by atoms with van der Waals surface area (Å²) in [4.78, 5) is 10.8. The molecule has 19 heavy (non-hydrogen) atoms. The van der Waals surface area contributed by atoms with Crippen LogP contribution in [0.5, 0.6) is 0 Å². The van der Waals surface area contributed by atoms with Gasteiger partial charge in [-0.3, -0.25) is 4.79 Å². The van der Waals surface area contributed by atoms with Crippen LogP contribution >= 0.6 is 0 Å². The molecule has 3 nitrogen and oxygen atoms in total. The average molecular weight is 286 g/mol. The largest absolute Gasteiger partial charge is 0.549 e. The van der Waals surface area contributed by atoms with Crippen molar-refractivity contribution in [3.05, 3.63) is 12.3 Å². The lowest BCUT2D eigenvalue weighted by Crippen LogP contribution is -2.39. The number of aliphatic hydroxyl groups excluding tert-OH is 1. The number of Topliss-reactive ketones (excluding diaryl/α,β-unsaturated/α-hetero) is 1. The Morgan fingerprint density at radius 1 is 1.37 bits per heavy atom. The summed E-state index contributed by atoms with van der Waals surface area (Å²) < 4.78 is 5.91. The molecule has 0 aliphatic carbocycles. The average Bonchev–Trinajstić information content (AvgIpc) is 2.20. The van der Waals surface area contributed by atoms with Crippen LogP contribution in [-0.4, -0.2) is 25.3 Å². The minimum absolute atomic E-state index is 0.0457. The minimum atomic E-state index is -1.69. The molecule has 0 aliphatic heterocycles. The van der Waals surface area contributed by atoms with Gasteiger partial charge in [-0.05, 0) is 44.3 Å². The van der Waals surface area contributed by atoms with Crippen LogP contribution in [0.15, 0.2) is 12.3 Å². The van der Waals surface area contributed by atoms with Crippen molar-refractivity contribution in [2.45, 2.75) is 77.6 Å². The Morgan fingerprint density at radius 2 is 1.95 bits per heavy atom. The van der Waals surface area contributed by atoms with Crippen LogP contribution in [-0.2, 0) is 9.22 Å². The molecule has 0 saturated carbocycles. The van der Waals surface area contributed by atoms with Crippen molar-refractivity contribution in [3.8, 4) is 0 Å². The number of hydrogen-bond donors (Lipinski definition) is 1. The van der Waals surface area contributed by atoms with Gasteiger partial charge in [0, 0.05) is 6.42 Å². The Morgan fingerprint density at radius 3 is 2.42 bits per heavy atom. The molecule has 0 bridgehead atoms. The second kappa shape index (κ2) is 7.85. The van der Waals surface area contributed by atoms with Gasteiger partial charge in [0.05, 0.1) is 12.4 Å². The van der Waals surface area contributed by atoms with E-state index >= 15 is 0 Å². The Hall–Kier alpha value is -0.613. The summed E-state index contributed by atoms with van der Waals surface area (Å²) in [6.07, 6.45) is 6.03. The zero-order valence-corrected chi connectivity index (χ0v) is 14.3. The Balaban J connectivity index is 3.85. The summed E-state index contributed by atoms with van der Waals surface area (Å²) in [5.41, 5.74) is 0. The van der Waals surface area contributed by atoms with E-state index in [0.29, 0.717) is 6.42 Å². The molecule has 0 saturated heterocycles. The second-order valence-electron chi connectivity index (χ2n) is 6.74. The predicted octanol–water partition coefficient (Wildman–Crippen LogP) is 4.03. The van der Waals surface area contributed by atoms with Crippen LogP contribution in [0.3, 0.4) is 0 Å². The van der Waals surface area contributed by atoms with Crippen LogP contribution in [0.1, 0.15) is 53.4 Å². The number of ketones is 1. The third-order valence-electron chi connectivity index (χ3n) is 3.70. The third kappa shape index (κ3) is 8.21. The van der Waals surface area contributed by atoms with Crippen molar-refractivity contribution in [2.75, 3.05) is 0 Å². The number of hydrogen-bond acceptors (Lipinski definition) is 3. The maximum atomic E-state index is 10.8. The maximum absolute atomic E-state index is 10.8. The smallest absolute Gasteiger partial charge is 0.249 e. The summed E-state index contributed by atoms with van der Waals surface area (Å²) >= 11 is 0. The van der Waals surface area contributed by atoms with Crippen LogP contribution < -0.4 is 0 Å². The summed E-state index contributed by atoms with van der Waals surface area (Å²) in [7, 11) is -1.69. The highest BCUT2D eigenvalue weighted by atomic mass is 28.4. The highest BCUT2D eigenvalue weighted by Crippen LogP contribution is 2.36. The van der Waals surface area contributed by atoms with Crippen molar-refractivity contribution < 1.29 is 14.3 Å². The molecule has 112 valence electrons. The molecule has 0 radical (unpaired) electrons. The van der Waals surface area contributed by atoms with Crippen molar-refractivity contribution in [2.24, 2.45) is 0 Å². The van der Waals surface area contributed by atoms with Gasteiger partial charge in [-0.1, -0.05) is 26.8 Å². The Bertz CT molecular complexity index is 303. The summed E-state index contributed by atoms with van der Waals surface area (Å²) in [6, 6.07) is 0. The molecule has 0 spiro atoms.